The molecule has 1 heterocycles. The Hall–Kier alpha value is -0.930. The highest BCUT2D eigenvalue weighted by atomic mass is 16.6. The van der Waals surface area contributed by atoms with Crippen LogP contribution in [-0.2, 0) is 9.47 Å². The summed E-state index contributed by atoms with van der Waals surface area (Å²) in [7, 11) is 0. The Morgan fingerprint density at radius 3 is 2.53 bits per heavy atom. The lowest BCUT2D eigenvalue weighted by Crippen LogP contribution is -2.64. The molecular weight excluding hydrogens is 234 g/mol. The van der Waals surface area contributed by atoms with Gasteiger partial charge in [-0.05, 0) is 6.92 Å². The maximum atomic E-state index is 11.1. The van der Waals surface area contributed by atoms with Crippen molar-refractivity contribution in [2.24, 2.45) is 0 Å². The molecule has 5 atom stereocenters. The number of rotatable bonds is 3. The number of hydrogen-bond acceptors (Lipinski definition) is 7. The fraction of sp³-hybridized carbons (Fsp3) is 0.889. The Balaban J connectivity index is 2.63. The summed E-state index contributed by atoms with van der Waals surface area (Å²) in [5, 5.41) is 39.7. The van der Waals surface area contributed by atoms with Crippen molar-refractivity contribution in [2.45, 2.75) is 37.6 Å². The predicted molar refractivity (Wildman–Crippen MR) is 53.9 cm³/mol. The van der Waals surface area contributed by atoms with Gasteiger partial charge in [-0.2, -0.15) is 0 Å². The van der Waals surface area contributed by atoms with Crippen LogP contribution < -0.4 is 5.32 Å². The van der Waals surface area contributed by atoms with Gasteiger partial charge in [-0.3, -0.25) is 0 Å². The minimum atomic E-state index is -1.53. The van der Waals surface area contributed by atoms with Crippen LogP contribution in [0.4, 0.5) is 4.79 Å². The molecule has 0 unspecified atom stereocenters. The van der Waals surface area contributed by atoms with E-state index in [1.54, 1.807) is 6.92 Å². The zero-order valence-electron chi connectivity index (χ0n) is 9.31. The molecule has 0 spiro atoms. The summed E-state index contributed by atoms with van der Waals surface area (Å²) in [6, 6.07) is -1.22. The van der Waals surface area contributed by atoms with Crippen molar-refractivity contribution in [2.75, 3.05) is 13.2 Å². The highest BCUT2D eigenvalue weighted by molar-refractivity contribution is 5.67. The fourth-order valence-corrected chi connectivity index (χ4v) is 1.56. The van der Waals surface area contributed by atoms with Crippen molar-refractivity contribution in [3.8, 4) is 0 Å². The van der Waals surface area contributed by atoms with E-state index in [0.717, 1.165) is 0 Å². The maximum absolute atomic E-state index is 11.1. The average Bonchev–Trinajstić information content (AvgIpc) is 2.29. The number of nitrogens with one attached hydrogen (secondary N) is 1. The van der Waals surface area contributed by atoms with Crippen LogP contribution in [0.2, 0.25) is 0 Å². The fourth-order valence-electron chi connectivity index (χ4n) is 1.56. The second-order valence-corrected chi connectivity index (χ2v) is 3.62. The molecule has 100 valence electrons. The van der Waals surface area contributed by atoms with Crippen molar-refractivity contribution < 1.29 is 34.7 Å². The molecule has 1 saturated heterocycles. The van der Waals surface area contributed by atoms with Crippen LogP contribution in [0.5, 0.6) is 0 Å². The third kappa shape index (κ3) is 3.27. The van der Waals surface area contributed by atoms with E-state index in [9.17, 15) is 20.1 Å². The molecule has 8 heteroatoms. The number of carbonyl (C=O) groups is 1. The van der Waals surface area contributed by atoms with Gasteiger partial charge in [0.1, 0.15) is 24.4 Å². The third-order valence-corrected chi connectivity index (χ3v) is 2.46. The normalized spacial score (nSPS) is 37.6. The first-order valence-corrected chi connectivity index (χ1v) is 5.25. The van der Waals surface area contributed by atoms with Gasteiger partial charge in [-0.15, -0.1) is 0 Å². The van der Waals surface area contributed by atoms with Crippen LogP contribution in [0.25, 0.3) is 0 Å². The van der Waals surface area contributed by atoms with Crippen molar-refractivity contribution in [3.63, 3.8) is 0 Å². The highest BCUT2D eigenvalue weighted by Gasteiger charge is 2.44. The van der Waals surface area contributed by atoms with Gasteiger partial charge >= 0.3 is 6.09 Å². The summed E-state index contributed by atoms with van der Waals surface area (Å²) in [5.74, 6) is 0. The number of amides is 1. The Labute approximate surface area is 97.8 Å². The lowest BCUT2D eigenvalue weighted by molar-refractivity contribution is -0.253. The van der Waals surface area contributed by atoms with Crippen molar-refractivity contribution in [1.82, 2.24) is 5.32 Å². The summed E-state index contributed by atoms with van der Waals surface area (Å²) in [6.45, 7) is 1.18. The zero-order valence-corrected chi connectivity index (χ0v) is 9.31. The van der Waals surface area contributed by atoms with Gasteiger partial charge in [0.15, 0.2) is 6.29 Å². The maximum Gasteiger partial charge on any atom is 0.407 e. The molecule has 1 aliphatic rings. The second-order valence-electron chi connectivity index (χ2n) is 3.62. The van der Waals surface area contributed by atoms with E-state index in [1.807, 2.05) is 0 Å². The lowest BCUT2D eigenvalue weighted by atomic mass is 9.97. The van der Waals surface area contributed by atoms with Crippen LogP contribution in [-0.4, -0.2) is 70.4 Å². The van der Waals surface area contributed by atoms with Crippen LogP contribution in [0, 0.1) is 0 Å². The number of alkyl carbamates (subject to hydrolysis) is 1. The molecule has 1 rings (SSSR count). The summed E-state index contributed by atoms with van der Waals surface area (Å²) < 4.78 is 9.41. The molecule has 0 aromatic carbocycles. The molecule has 0 aliphatic carbocycles. The standard InChI is InChI=1S/C9H17NO7/c1-2-16-9(15)10-5-7(13)6(12)4(3-11)17-8(5)14/h4-8,11-14H,2-3H2,1H3,(H,10,15)/t4-,5+,6+,7+,8-/m0/s1. The smallest absolute Gasteiger partial charge is 0.407 e. The van der Waals surface area contributed by atoms with E-state index in [0.29, 0.717) is 0 Å². The molecule has 0 aromatic rings. The van der Waals surface area contributed by atoms with E-state index >= 15 is 0 Å². The topological polar surface area (TPSA) is 128 Å². The number of aliphatic hydroxyl groups is 4. The first-order chi connectivity index (χ1) is 8.01. The van der Waals surface area contributed by atoms with Crippen LogP contribution in [0.1, 0.15) is 6.92 Å². The molecule has 0 aromatic heterocycles. The molecule has 0 saturated carbocycles. The van der Waals surface area contributed by atoms with Crippen molar-refractivity contribution >= 4 is 6.09 Å². The Kier molecular flexibility index (Phi) is 5.09. The summed E-state index contributed by atoms with van der Waals surface area (Å²) in [6.07, 6.45) is -6.33. The van der Waals surface area contributed by atoms with Gasteiger partial charge < -0.3 is 35.2 Å². The molecule has 1 fully saturated rings. The molecular formula is C9H17NO7. The van der Waals surface area contributed by atoms with Gasteiger partial charge in [0.25, 0.3) is 0 Å². The van der Waals surface area contributed by atoms with E-state index < -0.39 is 43.3 Å². The van der Waals surface area contributed by atoms with E-state index in [2.05, 4.69) is 10.1 Å². The van der Waals surface area contributed by atoms with Crippen molar-refractivity contribution in [3.05, 3.63) is 0 Å². The van der Waals surface area contributed by atoms with Crippen LogP contribution in [0.15, 0.2) is 0 Å². The molecule has 5 N–H and O–H groups in total. The van der Waals surface area contributed by atoms with E-state index in [-0.39, 0.29) is 6.61 Å². The number of aliphatic hydroxyl groups excluding tert-OH is 4. The number of ether oxygens (including phenoxy) is 2. The van der Waals surface area contributed by atoms with E-state index in [1.165, 1.54) is 0 Å². The Bertz CT molecular complexity index is 262. The van der Waals surface area contributed by atoms with Gasteiger partial charge in [0.05, 0.1) is 13.2 Å². The predicted octanol–water partition coefficient (Wildman–Crippen LogP) is -2.47. The monoisotopic (exact) mass is 251 g/mol. The lowest BCUT2D eigenvalue weighted by Gasteiger charge is -2.39. The quantitative estimate of drug-likeness (QED) is 0.376. The van der Waals surface area contributed by atoms with Crippen molar-refractivity contribution in [1.29, 1.82) is 0 Å². The van der Waals surface area contributed by atoms with E-state index in [4.69, 9.17) is 9.84 Å². The Morgan fingerprint density at radius 1 is 1.35 bits per heavy atom. The summed E-state index contributed by atoms with van der Waals surface area (Å²) >= 11 is 0. The largest absolute Gasteiger partial charge is 0.450 e. The molecule has 1 aliphatic heterocycles. The average molecular weight is 251 g/mol. The zero-order chi connectivity index (χ0) is 13.0. The van der Waals surface area contributed by atoms with Crippen LogP contribution >= 0.6 is 0 Å². The first-order valence-electron chi connectivity index (χ1n) is 5.25. The minimum Gasteiger partial charge on any atom is -0.450 e. The van der Waals surface area contributed by atoms with Gasteiger partial charge in [0.2, 0.25) is 0 Å². The third-order valence-electron chi connectivity index (χ3n) is 2.46. The van der Waals surface area contributed by atoms with Gasteiger partial charge in [0, 0.05) is 0 Å². The Morgan fingerprint density at radius 2 is 2.00 bits per heavy atom. The minimum absolute atomic E-state index is 0.132. The summed E-state index contributed by atoms with van der Waals surface area (Å²) in [5.41, 5.74) is 0. The molecule has 1 amide bonds. The second kappa shape index (κ2) is 6.12. The molecule has 0 radical (unpaired) electrons. The number of hydrogen-bond donors (Lipinski definition) is 5. The van der Waals surface area contributed by atoms with Gasteiger partial charge in [-0.25, -0.2) is 4.79 Å². The van der Waals surface area contributed by atoms with Crippen LogP contribution in [0.3, 0.4) is 0 Å². The van der Waals surface area contributed by atoms with Gasteiger partial charge in [-0.1, -0.05) is 0 Å². The number of carbonyl (C=O) groups excluding carboxylic acids is 1. The SMILES string of the molecule is CCOC(=O)N[C@@H]1[C@@H](O)[C@H](O)[C@H](CO)O[C@@H]1O. The first kappa shape index (κ1) is 14.1. The molecule has 8 nitrogen and oxygen atoms in total. The summed E-state index contributed by atoms with van der Waals surface area (Å²) in [4.78, 5) is 11.1. The molecule has 0 bridgehead atoms. The highest BCUT2D eigenvalue weighted by Crippen LogP contribution is 2.19. The molecule has 17 heavy (non-hydrogen) atoms.